The summed E-state index contributed by atoms with van der Waals surface area (Å²) in [6.45, 7) is 1.48. The Morgan fingerprint density at radius 1 is 1.62 bits per heavy atom. The molecule has 1 aromatic rings. The highest BCUT2D eigenvalue weighted by Gasteiger charge is 2.14. The molecule has 1 aliphatic heterocycles. The number of carbonyl (C=O) groups is 1. The van der Waals surface area contributed by atoms with E-state index >= 15 is 0 Å². The first kappa shape index (κ1) is 7.91. The van der Waals surface area contributed by atoms with E-state index in [0.717, 1.165) is 11.3 Å². The van der Waals surface area contributed by atoms with Crippen LogP contribution in [0.4, 0.5) is 5.69 Å². The van der Waals surface area contributed by atoms with Gasteiger partial charge in [-0.15, -0.1) is 0 Å². The molecule has 1 aliphatic rings. The van der Waals surface area contributed by atoms with Gasteiger partial charge in [-0.3, -0.25) is 9.78 Å². The van der Waals surface area contributed by atoms with Crippen molar-refractivity contribution in [3.8, 4) is 0 Å². The van der Waals surface area contributed by atoms with Gasteiger partial charge in [-0.1, -0.05) is 0 Å². The quantitative estimate of drug-likeness (QED) is 0.634. The third-order valence-corrected chi connectivity index (χ3v) is 1.81. The van der Waals surface area contributed by atoms with Gasteiger partial charge >= 0.3 is 0 Å². The molecule has 0 saturated heterocycles. The van der Waals surface area contributed by atoms with E-state index in [-0.39, 0.29) is 5.91 Å². The lowest BCUT2D eigenvalue weighted by molar-refractivity contribution is -0.117. The van der Waals surface area contributed by atoms with Gasteiger partial charge in [-0.2, -0.15) is 0 Å². The lowest BCUT2D eigenvalue weighted by atomic mass is 10.2. The zero-order valence-electron chi connectivity index (χ0n) is 7.24. The molecule has 13 heavy (non-hydrogen) atoms. The van der Waals surface area contributed by atoms with Gasteiger partial charge in [0.05, 0.1) is 5.69 Å². The molecule has 4 heteroatoms. The Balaban J connectivity index is 2.21. The number of aromatic nitrogens is 1. The van der Waals surface area contributed by atoms with E-state index in [1.165, 1.54) is 6.92 Å². The number of carbonyl (C=O) groups excluding carboxylic acids is 1. The largest absolute Gasteiger partial charge is 0.314 e. The first-order valence-corrected chi connectivity index (χ1v) is 4.04. The van der Waals surface area contributed by atoms with Crippen molar-refractivity contribution in [2.45, 2.75) is 13.3 Å². The molecule has 66 valence electrons. The maximum absolute atomic E-state index is 10.7. The van der Waals surface area contributed by atoms with Crippen molar-refractivity contribution in [2.24, 2.45) is 4.99 Å². The summed E-state index contributed by atoms with van der Waals surface area (Å²) in [5, 5.41) is 2.67. The highest BCUT2D eigenvalue weighted by Crippen LogP contribution is 2.23. The highest BCUT2D eigenvalue weighted by atomic mass is 16.1. The SMILES string of the molecule is CC(=O)NC1=Nc2ccncc2C1. The number of aliphatic imine (C=N–C) groups is 1. The Morgan fingerprint density at radius 2 is 2.46 bits per heavy atom. The van der Waals surface area contributed by atoms with Crippen molar-refractivity contribution < 1.29 is 4.79 Å². The summed E-state index contributed by atoms with van der Waals surface area (Å²) in [6, 6.07) is 1.84. The molecule has 4 nitrogen and oxygen atoms in total. The van der Waals surface area contributed by atoms with Gasteiger partial charge in [-0.25, -0.2) is 4.99 Å². The van der Waals surface area contributed by atoms with Gasteiger partial charge in [0.1, 0.15) is 5.84 Å². The lowest BCUT2D eigenvalue weighted by Crippen LogP contribution is -2.27. The molecule has 0 fully saturated rings. The van der Waals surface area contributed by atoms with Gasteiger partial charge in [-0.05, 0) is 6.07 Å². The fourth-order valence-corrected chi connectivity index (χ4v) is 1.31. The summed E-state index contributed by atoms with van der Waals surface area (Å²) >= 11 is 0. The Kier molecular flexibility index (Phi) is 1.81. The number of nitrogens with one attached hydrogen (secondary N) is 1. The smallest absolute Gasteiger partial charge is 0.222 e. The second-order valence-corrected chi connectivity index (χ2v) is 2.92. The van der Waals surface area contributed by atoms with Crippen molar-refractivity contribution >= 4 is 17.4 Å². The summed E-state index contributed by atoms with van der Waals surface area (Å²) in [4.78, 5) is 19.0. The summed E-state index contributed by atoms with van der Waals surface area (Å²) < 4.78 is 0. The molecule has 1 aromatic heterocycles. The summed E-state index contributed by atoms with van der Waals surface area (Å²) in [5.74, 6) is 0.620. The van der Waals surface area contributed by atoms with Gasteiger partial charge in [0.25, 0.3) is 0 Å². The molecule has 1 N–H and O–H groups in total. The van der Waals surface area contributed by atoms with Gasteiger partial charge in [0.15, 0.2) is 0 Å². The van der Waals surface area contributed by atoms with Crippen LogP contribution in [0.2, 0.25) is 0 Å². The van der Waals surface area contributed by atoms with Crippen LogP contribution < -0.4 is 5.32 Å². The van der Waals surface area contributed by atoms with E-state index in [4.69, 9.17) is 0 Å². The topological polar surface area (TPSA) is 54.4 Å². The van der Waals surface area contributed by atoms with Crippen LogP contribution in [0.5, 0.6) is 0 Å². The van der Waals surface area contributed by atoms with E-state index in [0.29, 0.717) is 12.3 Å². The van der Waals surface area contributed by atoms with Crippen molar-refractivity contribution in [3.63, 3.8) is 0 Å². The fourth-order valence-electron chi connectivity index (χ4n) is 1.31. The van der Waals surface area contributed by atoms with Crippen molar-refractivity contribution in [1.82, 2.24) is 10.3 Å². The number of rotatable bonds is 0. The van der Waals surface area contributed by atoms with Gasteiger partial charge < -0.3 is 5.32 Å². The number of amides is 1. The number of hydrogen-bond donors (Lipinski definition) is 1. The lowest BCUT2D eigenvalue weighted by Gasteiger charge is -1.97. The minimum absolute atomic E-state index is 0.0838. The molecule has 0 aromatic carbocycles. The Bertz CT molecular complexity index is 384. The van der Waals surface area contributed by atoms with Crippen molar-refractivity contribution in [3.05, 3.63) is 24.0 Å². The standard InChI is InChI=1S/C9H9N3O/c1-6(13)11-9-4-7-5-10-3-2-8(7)12-9/h2-3,5H,4H2,1H3,(H,11,12,13). The molecule has 2 rings (SSSR count). The number of hydrogen-bond acceptors (Lipinski definition) is 3. The van der Waals surface area contributed by atoms with Crippen LogP contribution in [-0.2, 0) is 11.2 Å². The third-order valence-electron chi connectivity index (χ3n) is 1.81. The van der Waals surface area contributed by atoms with E-state index in [9.17, 15) is 4.79 Å². The zero-order chi connectivity index (χ0) is 9.26. The van der Waals surface area contributed by atoms with Crippen LogP contribution in [0.15, 0.2) is 23.5 Å². The molecular weight excluding hydrogens is 166 g/mol. The van der Waals surface area contributed by atoms with Crippen molar-refractivity contribution in [1.29, 1.82) is 0 Å². The monoisotopic (exact) mass is 175 g/mol. The average Bonchev–Trinajstić information content (AvgIpc) is 2.44. The number of pyridine rings is 1. The molecule has 0 radical (unpaired) electrons. The highest BCUT2D eigenvalue weighted by molar-refractivity contribution is 6.02. The van der Waals surface area contributed by atoms with Crippen LogP contribution in [0, 0.1) is 0 Å². The first-order chi connectivity index (χ1) is 6.25. The molecule has 0 aliphatic carbocycles. The van der Waals surface area contributed by atoms with E-state index in [1.807, 2.05) is 6.07 Å². The fraction of sp³-hybridized carbons (Fsp3) is 0.222. The predicted molar refractivity (Wildman–Crippen MR) is 48.9 cm³/mol. The van der Waals surface area contributed by atoms with E-state index < -0.39 is 0 Å². The van der Waals surface area contributed by atoms with Crippen LogP contribution >= 0.6 is 0 Å². The van der Waals surface area contributed by atoms with Crippen molar-refractivity contribution in [2.75, 3.05) is 0 Å². The summed E-state index contributed by atoms with van der Waals surface area (Å²) in [7, 11) is 0. The maximum Gasteiger partial charge on any atom is 0.222 e. The first-order valence-electron chi connectivity index (χ1n) is 4.04. The molecule has 1 amide bonds. The minimum Gasteiger partial charge on any atom is -0.314 e. The molecular formula is C9H9N3O. The third kappa shape index (κ3) is 1.56. The Labute approximate surface area is 75.7 Å². The van der Waals surface area contributed by atoms with Crippen LogP contribution in [0.3, 0.4) is 0 Å². The second kappa shape index (κ2) is 2.97. The van der Waals surface area contributed by atoms with E-state index in [2.05, 4.69) is 15.3 Å². The Hall–Kier alpha value is -1.71. The summed E-state index contributed by atoms with van der Waals surface area (Å²) in [5.41, 5.74) is 1.96. The minimum atomic E-state index is -0.0838. The molecule has 0 saturated carbocycles. The van der Waals surface area contributed by atoms with Crippen LogP contribution in [0.1, 0.15) is 12.5 Å². The van der Waals surface area contributed by atoms with Gasteiger partial charge in [0.2, 0.25) is 5.91 Å². The second-order valence-electron chi connectivity index (χ2n) is 2.92. The normalized spacial score (nSPS) is 13.5. The van der Waals surface area contributed by atoms with E-state index in [1.54, 1.807) is 12.4 Å². The molecule has 0 unspecified atom stereocenters. The average molecular weight is 175 g/mol. The number of fused-ring (bicyclic) bond motifs is 1. The van der Waals surface area contributed by atoms with Crippen LogP contribution in [0.25, 0.3) is 0 Å². The van der Waals surface area contributed by atoms with Gasteiger partial charge in [0, 0.05) is 31.3 Å². The number of amidine groups is 1. The van der Waals surface area contributed by atoms with Crippen LogP contribution in [-0.4, -0.2) is 16.7 Å². The molecule has 0 bridgehead atoms. The number of nitrogens with zero attached hydrogens (tertiary/aromatic N) is 2. The Morgan fingerprint density at radius 3 is 3.15 bits per heavy atom. The molecule has 2 heterocycles. The summed E-state index contributed by atoms with van der Waals surface area (Å²) in [6.07, 6.45) is 4.13. The zero-order valence-corrected chi connectivity index (χ0v) is 7.24. The molecule has 0 spiro atoms. The predicted octanol–water partition coefficient (Wildman–Crippen LogP) is 0.804. The maximum atomic E-state index is 10.7. The molecule has 0 atom stereocenters.